The second kappa shape index (κ2) is 5.54. The van der Waals surface area contributed by atoms with Gasteiger partial charge in [0.25, 0.3) is 0 Å². The summed E-state index contributed by atoms with van der Waals surface area (Å²) in [5.41, 5.74) is 5.05. The Balaban J connectivity index is 2.40. The Bertz CT molecular complexity index is 554. The summed E-state index contributed by atoms with van der Waals surface area (Å²) in [7, 11) is 0. The Hall–Kier alpha value is -1.79. The van der Waals surface area contributed by atoms with E-state index in [0.29, 0.717) is 6.07 Å². The second-order valence-electron chi connectivity index (χ2n) is 5.15. The summed E-state index contributed by atoms with van der Waals surface area (Å²) in [5, 5.41) is 0. The van der Waals surface area contributed by atoms with E-state index in [-0.39, 0.29) is 24.1 Å². The minimum atomic E-state index is -4.58. The lowest BCUT2D eigenvalue weighted by Gasteiger charge is -2.32. The van der Waals surface area contributed by atoms with Crippen LogP contribution < -0.4 is 5.73 Å². The van der Waals surface area contributed by atoms with Gasteiger partial charge in [0.15, 0.2) is 5.96 Å². The molecule has 0 spiro atoms. The number of hydrogen-bond donors (Lipinski definition) is 1. The fraction of sp³-hybridized carbons (Fsp3) is 0.500. The number of aliphatic imine (C=N–C) groups is 1. The molecular weight excluding hydrogens is 286 g/mol. The van der Waals surface area contributed by atoms with Gasteiger partial charge in [0, 0.05) is 6.04 Å². The molecule has 0 radical (unpaired) electrons. The van der Waals surface area contributed by atoms with Gasteiger partial charge in [0.2, 0.25) is 0 Å². The van der Waals surface area contributed by atoms with Gasteiger partial charge in [0.1, 0.15) is 5.82 Å². The van der Waals surface area contributed by atoms with Crippen LogP contribution in [0.15, 0.2) is 23.2 Å². The maximum absolute atomic E-state index is 13.5. The van der Waals surface area contributed by atoms with Crippen LogP contribution in [0.2, 0.25) is 0 Å². The van der Waals surface area contributed by atoms with Gasteiger partial charge in [-0.1, -0.05) is 6.92 Å². The lowest BCUT2D eigenvalue weighted by Crippen LogP contribution is -2.42. The summed E-state index contributed by atoms with van der Waals surface area (Å²) < 4.78 is 51.9. The molecule has 21 heavy (non-hydrogen) atoms. The molecular formula is C14H17F4N3. The number of hydrogen-bond acceptors (Lipinski definition) is 3. The van der Waals surface area contributed by atoms with Crippen LogP contribution in [0.25, 0.3) is 0 Å². The van der Waals surface area contributed by atoms with E-state index in [1.807, 2.05) is 13.8 Å². The van der Waals surface area contributed by atoms with E-state index >= 15 is 0 Å². The molecule has 0 bridgehead atoms. The predicted molar refractivity (Wildman–Crippen MR) is 72.2 cm³/mol. The fourth-order valence-corrected chi connectivity index (χ4v) is 2.47. The lowest BCUT2D eigenvalue weighted by molar-refractivity contribution is -0.137. The second-order valence-corrected chi connectivity index (χ2v) is 5.15. The first-order valence-corrected chi connectivity index (χ1v) is 6.70. The highest BCUT2D eigenvalue weighted by Gasteiger charge is 2.35. The van der Waals surface area contributed by atoms with Crippen LogP contribution in [0, 0.1) is 5.82 Å². The van der Waals surface area contributed by atoms with Crippen LogP contribution >= 0.6 is 0 Å². The fourth-order valence-electron chi connectivity index (χ4n) is 2.47. The number of guanidine groups is 1. The number of rotatable bonds is 3. The summed E-state index contributed by atoms with van der Waals surface area (Å²) in [6.07, 6.45) is -3.82. The number of halogens is 4. The molecule has 1 aliphatic heterocycles. The van der Waals surface area contributed by atoms with E-state index < -0.39 is 23.6 Å². The van der Waals surface area contributed by atoms with E-state index in [1.165, 1.54) is 0 Å². The van der Waals surface area contributed by atoms with Crippen molar-refractivity contribution >= 4 is 5.96 Å². The Morgan fingerprint density at radius 3 is 2.62 bits per heavy atom. The quantitative estimate of drug-likeness (QED) is 0.870. The van der Waals surface area contributed by atoms with Crippen LogP contribution in [0.3, 0.4) is 0 Å². The molecule has 3 nitrogen and oxygen atoms in total. The summed E-state index contributed by atoms with van der Waals surface area (Å²) in [5.74, 6) is -0.624. The average Bonchev–Trinajstić information content (AvgIpc) is 2.78. The molecule has 0 aromatic heterocycles. The average molecular weight is 303 g/mol. The molecule has 2 atom stereocenters. The van der Waals surface area contributed by atoms with Crippen LogP contribution in [-0.4, -0.2) is 23.4 Å². The lowest BCUT2D eigenvalue weighted by atomic mass is 10.0. The van der Waals surface area contributed by atoms with Crippen molar-refractivity contribution in [1.29, 1.82) is 0 Å². The smallest absolute Gasteiger partial charge is 0.370 e. The highest BCUT2D eigenvalue weighted by atomic mass is 19.4. The van der Waals surface area contributed by atoms with Crippen molar-refractivity contribution in [3.63, 3.8) is 0 Å². The van der Waals surface area contributed by atoms with Crippen molar-refractivity contribution < 1.29 is 17.6 Å². The maximum atomic E-state index is 13.5. The Morgan fingerprint density at radius 1 is 1.38 bits per heavy atom. The predicted octanol–water partition coefficient (Wildman–Crippen LogP) is 3.31. The summed E-state index contributed by atoms with van der Waals surface area (Å²) >= 11 is 0. The van der Waals surface area contributed by atoms with Crippen molar-refractivity contribution in [1.82, 2.24) is 4.90 Å². The van der Waals surface area contributed by atoms with E-state index in [9.17, 15) is 17.6 Å². The molecule has 2 unspecified atom stereocenters. The van der Waals surface area contributed by atoms with Gasteiger partial charge in [0.05, 0.1) is 18.2 Å². The van der Waals surface area contributed by atoms with Gasteiger partial charge in [-0.2, -0.15) is 13.2 Å². The molecule has 2 rings (SSSR count). The van der Waals surface area contributed by atoms with Crippen molar-refractivity contribution in [3.8, 4) is 0 Å². The first kappa shape index (κ1) is 15.6. The van der Waals surface area contributed by atoms with E-state index in [4.69, 9.17) is 5.73 Å². The molecule has 0 saturated heterocycles. The van der Waals surface area contributed by atoms with E-state index in [1.54, 1.807) is 4.90 Å². The molecule has 1 aromatic rings. The number of nitrogens with zero attached hydrogens (tertiary/aromatic N) is 2. The zero-order valence-electron chi connectivity index (χ0n) is 11.8. The topological polar surface area (TPSA) is 41.6 Å². The van der Waals surface area contributed by atoms with Crippen molar-refractivity contribution in [2.45, 2.75) is 38.5 Å². The summed E-state index contributed by atoms with van der Waals surface area (Å²) in [4.78, 5) is 5.83. The van der Waals surface area contributed by atoms with Crippen LogP contribution in [0.5, 0.6) is 0 Å². The van der Waals surface area contributed by atoms with Crippen molar-refractivity contribution in [2.75, 3.05) is 6.54 Å². The van der Waals surface area contributed by atoms with Crippen molar-refractivity contribution in [2.24, 2.45) is 10.7 Å². The van der Waals surface area contributed by atoms with E-state index in [0.717, 1.165) is 18.6 Å². The first-order chi connectivity index (χ1) is 9.74. The van der Waals surface area contributed by atoms with Crippen LogP contribution in [-0.2, 0) is 6.18 Å². The zero-order valence-corrected chi connectivity index (χ0v) is 11.8. The molecule has 0 fully saturated rings. The van der Waals surface area contributed by atoms with Gasteiger partial charge in [-0.05, 0) is 37.1 Å². The summed E-state index contributed by atoms with van der Waals surface area (Å²) in [6, 6.07) is 2.13. The highest BCUT2D eigenvalue weighted by Crippen LogP contribution is 2.35. The largest absolute Gasteiger partial charge is 0.416 e. The molecule has 1 aliphatic rings. The number of alkyl halides is 3. The zero-order chi connectivity index (χ0) is 15.8. The van der Waals surface area contributed by atoms with Gasteiger partial charge in [-0.15, -0.1) is 0 Å². The monoisotopic (exact) mass is 303 g/mol. The first-order valence-electron chi connectivity index (χ1n) is 6.70. The molecule has 0 saturated carbocycles. The van der Waals surface area contributed by atoms with Crippen LogP contribution in [0.4, 0.5) is 17.6 Å². The van der Waals surface area contributed by atoms with Crippen LogP contribution in [0.1, 0.15) is 37.4 Å². The Kier molecular flexibility index (Phi) is 4.11. The Morgan fingerprint density at radius 2 is 2.05 bits per heavy atom. The summed E-state index contributed by atoms with van der Waals surface area (Å²) in [6.45, 7) is 4.08. The van der Waals surface area contributed by atoms with Gasteiger partial charge in [-0.25, -0.2) is 4.39 Å². The maximum Gasteiger partial charge on any atom is 0.416 e. The van der Waals surface area contributed by atoms with Gasteiger partial charge in [-0.3, -0.25) is 4.99 Å². The molecule has 0 amide bonds. The molecule has 116 valence electrons. The molecule has 2 N–H and O–H groups in total. The third kappa shape index (κ3) is 3.11. The van der Waals surface area contributed by atoms with Crippen molar-refractivity contribution in [3.05, 3.63) is 35.1 Å². The SMILES string of the molecule is CCC(C)N1C(N)=NCC1c1cc(F)cc(C(F)(F)F)c1. The Labute approximate surface area is 120 Å². The number of benzene rings is 1. The number of nitrogens with two attached hydrogens (primary N) is 1. The van der Waals surface area contributed by atoms with E-state index in [2.05, 4.69) is 4.99 Å². The standard InChI is InChI=1S/C14H17F4N3/c1-3-8(2)21-12(7-20-13(21)19)9-4-10(14(16,17)18)6-11(15)5-9/h4-6,8,12H,3,7H2,1-2H3,(H2,19,20). The normalized spacial score (nSPS) is 20.6. The minimum Gasteiger partial charge on any atom is -0.370 e. The highest BCUT2D eigenvalue weighted by molar-refractivity contribution is 5.80. The molecule has 1 aromatic carbocycles. The molecule has 7 heteroatoms. The minimum absolute atomic E-state index is 0.0128. The molecule has 1 heterocycles. The molecule has 0 aliphatic carbocycles. The van der Waals surface area contributed by atoms with Gasteiger partial charge < -0.3 is 10.6 Å². The van der Waals surface area contributed by atoms with Gasteiger partial charge >= 0.3 is 6.18 Å². The third-order valence-corrected chi connectivity index (χ3v) is 3.72. The third-order valence-electron chi connectivity index (χ3n) is 3.72.